The number of benzene rings is 2. The summed E-state index contributed by atoms with van der Waals surface area (Å²) < 4.78 is 7.05. The molecule has 22 heavy (non-hydrogen) atoms. The molecular formula is C18H20INO2. The summed E-state index contributed by atoms with van der Waals surface area (Å²) in [6, 6.07) is 13.6. The van der Waals surface area contributed by atoms with E-state index < -0.39 is 6.10 Å². The number of carbonyl (C=O) groups excluding carboxylic acids is 1. The van der Waals surface area contributed by atoms with Gasteiger partial charge in [-0.15, -0.1) is 0 Å². The molecule has 0 fully saturated rings. The zero-order chi connectivity index (χ0) is 16.1. The Morgan fingerprint density at radius 3 is 2.50 bits per heavy atom. The minimum atomic E-state index is -0.500. The average molecular weight is 409 g/mol. The Bertz CT molecular complexity index is 653. The van der Waals surface area contributed by atoms with Crippen LogP contribution in [0.5, 0.6) is 5.75 Å². The van der Waals surface area contributed by atoms with Gasteiger partial charge in [0.05, 0.1) is 0 Å². The van der Waals surface area contributed by atoms with Crippen molar-refractivity contribution in [3.05, 3.63) is 57.2 Å². The van der Waals surface area contributed by atoms with Gasteiger partial charge in [0.15, 0.2) is 6.10 Å². The van der Waals surface area contributed by atoms with E-state index in [2.05, 4.69) is 27.9 Å². The van der Waals surface area contributed by atoms with Crippen LogP contribution in [0.1, 0.15) is 24.5 Å². The Morgan fingerprint density at radius 1 is 1.18 bits per heavy atom. The van der Waals surface area contributed by atoms with E-state index in [0.29, 0.717) is 6.42 Å². The fourth-order valence-corrected chi connectivity index (χ4v) is 2.44. The van der Waals surface area contributed by atoms with E-state index in [4.69, 9.17) is 4.74 Å². The third-order valence-corrected chi connectivity index (χ3v) is 4.32. The molecule has 3 nitrogen and oxygen atoms in total. The normalized spacial score (nSPS) is 11.8. The smallest absolute Gasteiger partial charge is 0.265 e. The molecule has 1 amide bonds. The van der Waals surface area contributed by atoms with Crippen molar-refractivity contribution in [1.29, 1.82) is 0 Å². The lowest BCUT2D eigenvalue weighted by Crippen LogP contribution is -2.32. The van der Waals surface area contributed by atoms with Gasteiger partial charge in [0, 0.05) is 9.26 Å². The van der Waals surface area contributed by atoms with Gasteiger partial charge in [-0.05, 0) is 84.3 Å². The van der Waals surface area contributed by atoms with E-state index in [-0.39, 0.29) is 5.91 Å². The highest BCUT2D eigenvalue weighted by Crippen LogP contribution is 2.23. The summed E-state index contributed by atoms with van der Waals surface area (Å²) in [7, 11) is 0. The van der Waals surface area contributed by atoms with Crippen molar-refractivity contribution >= 4 is 34.2 Å². The number of aryl methyl sites for hydroxylation is 1. The third kappa shape index (κ3) is 4.22. The zero-order valence-electron chi connectivity index (χ0n) is 13.0. The van der Waals surface area contributed by atoms with Gasteiger partial charge in [0.25, 0.3) is 5.91 Å². The van der Waals surface area contributed by atoms with Crippen LogP contribution < -0.4 is 10.1 Å². The molecule has 2 aromatic rings. The minimum Gasteiger partial charge on any atom is -0.480 e. The quantitative estimate of drug-likeness (QED) is 0.727. The molecular weight excluding hydrogens is 389 g/mol. The Hall–Kier alpha value is -1.56. The van der Waals surface area contributed by atoms with Crippen molar-refractivity contribution in [2.45, 2.75) is 33.3 Å². The molecule has 0 aliphatic carbocycles. The standard InChI is InChI=1S/C18H20INO2/c1-4-16(22-17-7-5-6-12(2)13(17)3)18(21)20-15-10-8-14(19)9-11-15/h5-11,16H,4H2,1-3H3,(H,20,21). The van der Waals surface area contributed by atoms with Gasteiger partial charge in [-0.25, -0.2) is 0 Å². The predicted molar refractivity (Wildman–Crippen MR) is 98.4 cm³/mol. The summed E-state index contributed by atoms with van der Waals surface area (Å²) in [5.41, 5.74) is 3.02. The van der Waals surface area contributed by atoms with Gasteiger partial charge < -0.3 is 10.1 Å². The molecule has 2 rings (SSSR count). The molecule has 0 heterocycles. The molecule has 1 N–H and O–H groups in total. The molecule has 1 atom stereocenters. The van der Waals surface area contributed by atoms with Crippen LogP contribution in [0.4, 0.5) is 5.69 Å². The van der Waals surface area contributed by atoms with Gasteiger partial charge >= 0.3 is 0 Å². The molecule has 0 spiro atoms. The Labute approximate surface area is 145 Å². The molecule has 2 aromatic carbocycles. The Morgan fingerprint density at radius 2 is 1.86 bits per heavy atom. The molecule has 0 saturated carbocycles. The molecule has 116 valence electrons. The highest BCUT2D eigenvalue weighted by molar-refractivity contribution is 14.1. The van der Waals surface area contributed by atoms with Crippen molar-refractivity contribution in [2.75, 3.05) is 5.32 Å². The van der Waals surface area contributed by atoms with Crippen molar-refractivity contribution in [1.82, 2.24) is 0 Å². The number of hydrogen-bond acceptors (Lipinski definition) is 2. The number of amides is 1. The lowest BCUT2D eigenvalue weighted by molar-refractivity contribution is -0.122. The number of anilines is 1. The van der Waals surface area contributed by atoms with Gasteiger partial charge in [-0.1, -0.05) is 19.1 Å². The van der Waals surface area contributed by atoms with Gasteiger partial charge in [0.1, 0.15) is 5.75 Å². The fraction of sp³-hybridized carbons (Fsp3) is 0.278. The van der Waals surface area contributed by atoms with E-state index in [1.165, 1.54) is 0 Å². The lowest BCUT2D eigenvalue weighted by atomic mass is 10.1. The number of ether oxygens (including phenoxy) is 1. The zero-order valence-corrected chi connectivity index (χ0v) is 15.2. The first-order chi connectivity index (χ1) is 10.5. The van der Waals surface area contributed by atoms with Gasteiger partial charge in [0.2, 0.25) is 0 Å². The highest BCUT2D eigenvalue weighted by Gasteiger charge is 2.19. The van der Waals surface area contributed by atoms with Crippen LogP contribution in [0.15, 0.2) is 42.5 Å². The first-order valence-corrected chi connectivity index (χ1v) is 8.38. The van der Waals surface area contributed by atoms with Crippen molar-refractivity contribution in [3.8, 4) is 5.75 Å². The average Bonchev–Trinajstić information content (AvgIpc) is 2.51. The molecule has 0 radical (unpaired) electrons. The van der Waals surface area contributed by atoms with E-state index in [1.54, 1.807) is 0 Å². The second-order valence-corrected chi connectivity index (χ2v) is 6.45. The number of rotatable bonds is 5. The molecule has 0 aliphatic heterocycles. The largest absolute Gasteiger partial charge is 0.480 e. The maximum Gasteiger partial charge on any atom is 0.265 e. The van der Waals surface area contributed by atoms with E-state index in [9.17, 15) is 4.79 Å². The minimum absolute atomic E-state index is 0.121. The second kappa shape index (κ2) is 7.63. The first-order valence-electron chi connectivity index (χ1n) is 7.30. The van der Waals surface area contributed by atoms with Crippen LogP contribution in [0, 0.1) is 17.4 Å². The summed E-state index contributed by atoms with van der Waals surface area (Å²) >= 11 is 2.24. The maximum absolute atomic E-state index is 12.4. The summed E-state index contributed by atoms with van der Waals surface area (Å²) in [6.45, 7) is 5.99. The number of hydrogen-bond donors (Lipinski definition) is 1. The van der Waals surface area contributed by atoms with Crippen LogP contribution >= 0.6 is 22.6 Å². The molecule has 0 saturated heterocycles. The van der Waals surface area contributed by atoms with E-state index >= 15 is 0 Å². The topological polar surface area (TPSA) is 38.3 Å². The maximum atomic E-state index is 12.4. The molecule has 4 heteroatoms. The van der Waals surface area contributed by atoms with Crippen LogP contribution in [0.2, 0.25) is 0 Å². The van der Waals surface area contributed by atoms with Crippen LogP contribution in [0.25, 0.3) is 0 Å². The molecule has 1 unspecified atom stereocenters. The van der Waals surface area contributed by atoms with Crippen LogP contribution in [-0.2, 0) is 4.79 Å². The Kier molecular flexibility index (Phi) is 5.83. The van der Waals surface area contributed by atoms with Gasteiger partial charge in [-0.3, -0.25) is 4.79 Å². The number of halogens is 1. The molecule has 0 aliphatic rings. The summed E-state index contributed by atoms with van der Waals surface area (Å²) in [5.74, 6) is 0.647. The van der Waals surface area contributed by atoms with Crippen molar-refractivity contribution in [2.24, 2.45) is 0 Å². The SMILES string of the molecule is CCC(Oc1cccc(C)c1C)C(=O)Nc1ccc(I)cc1. The van der Waals surface area contributed by atoms with Crippen LogP contribution in [0.3, 0.4) is 0 Å². The Balaban J connectivity index is 2.09. The summed E-state index contributed by atoms with van der Waals surface area (Å²) in [6.07, 6.45) is 0.114. The fourth-order valence-electron chi connectivity index (χ4n) is 2.08. The predicted octanol–water partition coefficient (Wildman–Crippen LogP) is 4.70. The van der Waals surface area contributed by atoms with Crippen molar-refractivity contribution in [3.63, 3.8) is 0 Å². The van der Waals surface area contributed by atoms with E-state index in [1.807, 2.05) is 63.2 Å². The van der Waals surface area contributed by atoms with E-state index in [0.717, 1.165) is 26.1 Å². The molecule has 0 bridgehead atoms. The molecule has 0 aromatic heterocycles. The van der Waals surface area contributed by atoms with Gasteiger partial charge in [-0.2, -0.15) is 0 Å². The van der Waals surface area contributed by atoms with Crippen LogP contribution in [-0.4, -0.2) is 12.0 Å². The van der Waals surface area contributed by atoms with Crippen molar-refractivity contribution < 1.29 is 9.53 Å². The highest BCUT2D eigenvalue weighted by atomic mass is 127. The second-order valence-electron chi connectivity index (χ2n) is 5.21. The first kappa shape index (κ1) is 16.8. The summed E-state index contributed by atoms with van der Waals surface area (Å²) in [5, 5.41) is 2.91. The lowest BCUT2D eigenvalue weighted by Gasteiger charge is -2.19. The summed E-state index contributed by atoms with van der Waals surface area (Å²) in [4.78, 5) is 12.4. The monoisotopic (exact) mass is 409 g/mol. The number of carbonyl (C=O) groups is 1. The third-order valence-electron chi connectivity index (χ3n) is 3.60. The number of nitrogens with one attached hydrogen (secondary N) is 1.